The van der Waals surface area contributed by atoms with Crippen molar-refractivity contribution in [2.45, 2.75) is 0 Å². The van der Waals surface area contributed by atoms with E-state index in [0.29, 0.717) is 21.6 Å². The molecule has 3 aromatic rings. The number of hydrogen-bond donors (Lipinski definition) is 0. The van der Waals surface area contributed by atoms with Crippen molar-refractivity contribution in [2.24, 2.45) is 0 Å². The van der Waals surface area contributed by atoms with Gasteiger partial charge in [-0.25, -0.2) is 0 Å². The van der Waals surface area contributed by atoms with Crippen molar-refractivity contribution < 1.29 is 4.42 Å². The highest BCUT2D eigenvalue weighted by Crippen LogP contribution is 2.32. The smallest absolute Gasteiger partial charge is 0.162 e. The van der Waals surface area contributed by atoms with E-state index in [0.717, 1.165) is 36.7 Å². The third kappa shape index (κ3) is 3.98. The molecule has 0 N–H and O–H groups in total. The standard InChI is InChI=1S/C21H18Cl2N2OS/c22-15-6-7-18(23)17(14-15)19-8-9-20(26-19)21(27)25-12-10-24(11-13-25)16-4-2-1-3-5-16/h1-9,14H,10-13H2. The van der Waals surface area contributed by atoms with Crippen molar-refractivity contribution in [2.75, 3.05) is 31.1 Å². The van der Waals surface area contributed by atoms with Gasteiger partial charge in [-0.3, -0.25) is 0 Å². The lowest BCUT2D eigenvalue weighted by Gasteiger charge is -2.37. The second kappa shape index (κ2) is 7.93. The molecule has 0 spiro atoms. The molecule has 0 aliphatic carbocycles. The van der Waals surface area contributed by atoms with E-state index < -0.39 is 0 Å². The van der Waals surface area contributed by atoms with Gasteiger partial charge >= 0.3 is 0 Å². The molecule has 1 aliphatic rings. The fraction of sp³-hybridized carbons (Fsp3) is 0.190. The minimum Gasteiger partial charge on any atom is -0.454 e. The topological polar surface area (TPSA) is 19.6 Å². The summed E-state index contributed by atoms with van der Waals surface area (Å²) in [7, 11) is 0. The lowest BCUT2D eigenvalue weighted by atomic mass is 10.2. The molecule has 0 unspecified atom stereocenters. The van der Waals surface area contributed by atoms with Gasteiger partial charge in [0.25, 0.3) is 0 Å². The molecule has 0 atom stereocenters. The first-order chi connectivity index (χ1) is 13.1. The lowest BCUT2D eigenvalue weighted by molar-refractivity contribution is 0.385. The Morgan fingerprint density at radius 2 is 1.63 bits per heavy atom. The van der Waals surface area contributed by atoms with Crippen molar-refractivity contribution in [1.29, 1.82) is 0 Å². The van der Waals surface area contributed by atoms with Gasteiger partial charge in [0.05, 0.1) is 5.02 Å². The molecule has 138 valence electrons. The maximum absolute atomic E-state index is 6.28. The van der Waals surface area contributed by atoms with Crippen LogP contribution < -0.4 is 4.90 Å². The number of anilines is 1. The average Bonchev–Trinajstić information content (AvgIpc) is 3.20. The molecule has 0 radical (unpaired) electrons. The Kier molecular flexibility index (Phi) is 5.39. The summed E-state index contributed by atoms with van der Waals surface area (Å²) in [5.41, 5.74) is 2.02. The number of nitrogens with zero attached hydrogens (tertiary/aromatic N) is 2. The van der Waals surface area contributed by atoms with Gasteiger partial charge in [-0.15, -0.1) is 0 Å². The quantitative estimate of drug-likeness (QED) is 0.505. The molecule has 27 heavy (non-hydrogen) atoms. The van der Waals surface area contributed by atoms with Crippen LogP contribution in [-0.2, 0) is 0 Å². The summed E-state index contributed by atoms with van der Waals surface area (Å²) in [5, 5.41) is 1.22. The minimum absolute atomic E-state index is 0.600. The largest absolute Gasteiger partial charge is 0.454 e. The van der Waals surface area contributed by atoms with E-state index in [2.05, 4.69) is 34.1 Å². The van der Waals surface area contributed by atoms with Crippen LogP contribution in [0.4, 0.5) is 5.69 Å². The van der Waals surface area contributed by atoms with Crippen molar-refractivity contribution in [3.8, 4) is 11.3 Å². The molecular weight excluding hydrogens is 399 g/mol. The number of hydrogen-bond acceptors (Lipinski definition) is 3. The first-order valence-electron chi connectivity index (χ1n) is 8.76. The molecule has 1 aliphatic heterocycles. The van der Waals surface area contributed by atoms with Crippen LogP contribution in [0.3, 0.4) is 0 Å². The van der Waals surface area contributed by atoms with E-state index in [1.165, 1.54) is 5.69 Å². The summed E-state index contributed by atoms with van der Waals surface area (Å²) in [6.45, 7) is 3.58. The Labute approximate surface area is 174 Å². The Hall–Kier alpha value is -2.01. The molecule has 4 rings (SSSR count). The fourth-order valence-corrected chi connectivity index (χ4v) is 3.92. The Bertz CT molecular complexity index is 950. The number of benzene rings is 2. The maximum atomic E-state index is 6.28. The minimum atomic E-state index is 0.600. The number of rotatable bonds is 3. The Balaban J connectivity index is 1.45. The monoisotopic (exact) mass is 416 g/mol. The molecular formula is C21H18Cl2N2OS. The van der Waals surface area contributed by atoms with Gasteiger partial charge in [0.1, 0.15) is 10.7 Å². The lowest BCUT2D eigenvalue weighted by Crippen LogP contribution is -2.48. The molecule has 6 heteroatoms. The van der Waals surface area contributed by atoms with Crippen LogP contribution in [-0.4, -0.2) is 36.1 Å². The van der Waals surface area contributed by atoms with Gasteiger partial charge in [0.15, 0.2) is 5.76 Å². The van der Waals surface area contributed by atoms with Gasteiger partial charge in [0, 0.05) is 42.5 Å². The SMILES string of the molecule is S=C(c1ccc(-c2cc(Cl)ccc2Cl)o1)N1CCN(c2ccccc2)CC1. The number of furan rings is 1. The van der Waals surface area contributed by atoms with E-state index >= 15 is 0 Å². The van der Waals surface area contributed by atoms with Crippen LogP contribution in [0.5, 0.6) is 0 Å². The second-order valence-corrected chi connectivity index (χ2v) is 7.63. The highest BCUT2D eigenvalue weighted by Gasteiger charge is 2.22. The van der Waals surface area contributed by atoms with Gasteiger partial charge in [-0.05, 0) is 42.5 Å². The van der Waals surface area contributed by atoms with E-state index in [9.17, 15) is 0 Å². The van der Waals surface area contributed by atoms with Crippen molar-refractivity contribution in [1.82, 2.24) is 4.90 Å². The summed E-state index contributed by atoms with van der Waals surface area (Å²) >= 11 is 18.0. The Morgan fingerprint density at radius 1 is 0.889 bits per heavy atom. The van der Waals surface area contributed by atoms with E-state index in [-0.39, 0.29) is 0 Å². The predicted molar refractivity (Wildman–Crippen MR) is 116 cm³/mol. The third-order valence-corrected chi connectivity index (χ3v) is 5.72. The van der Waals surface area contributed by atoms with Crippen LogP contribution in [0, 0.1) is 0 Å². The normalized spacial score (nSPS) is 14.4. The molecule has 1 aromatic heterocycles. The molecule has 2 aromatic carbocycles. The van der Waals surface area contributed by atoms with Crippen molar-refractivity contribution in [3.05, 3.63) is 76.5 Å². The first-order valence-corrected chi connectivity index (χ1v) is 9.93. The zero-order chi connectivity index (χ0) is 18.8. The number of halogens is 2. The molecule has 0 saturated carbocycles. The Morgan fingerprint density at radius 3 is 2.37 bits per heavy atom. The van der Waals surface area contributed by atoms with Crippen LogP contribution >= 0.6 is 35.4 Å². The van der Waals surface area contributed by atoms with Gasteiger partial charge in [0.2, 0.25) is 0 Å². The van der Waals surface area contributed by atoms with Gasteiger partial charge in [-0.2, -0.15) is 0 Å². The molecule has 0 bridgehead atoms. The first kappa shape index (κ1) is 18.4. The van der Waals surface area contributed by atoms with E-state index in [4.69, 9.17) is 39.8 Å². The van der Waals surface area contributed by atoms with Crippen LogP contribution in [0.15, 0.2) is 65.1 Å². The summed E-state index contributed by atoms with van der Waals surface area (Å²) in [4.78, 5) is 5.29. The summed E-state index contributed by atoms with van der Waals surface area (Å²) in [6, 6.07) is 19.6. The highest BCUT2D eigenvalue weighted by atomic mass is 35.5. The fourth-order valence-electron chi connectivity index (χ4n) is 3.25. The second-order valence-electron chi connectivity index (χ2n) is 6.40. The molecule has 0 amide bonds. The van der Waals surface area contributed by atoms with Gasteiger partial charge in [-0.1, -0.05) is 53.6 Å². The maximum Gasteiger partial charge on any atom is 0.162 e. The summed E-state index contributed by atoms with van der Waals surface area (Å²) in [6.07, 6.45) is 0. The number of piperazine rings is 1. The van der Waals surface area contributed by atoms with E-state index in [1.807, 2.05) is 18.2 Å². The number of para-hydroxylation sites is 1. The zero-order valence-electron chi connectivity index (χ0n) is 14.6. The summed E-state index contributed by atoms with van der Waals surface area (Å²) in [5.74, 6) is 1.35. The van der Waals surface area contributed by atoms with Crippen LogP contribution in [0.25, 0.3) is 11.3 Å². The third-order valence-electron chi connectivity index (χ3n) is 4.70. The average molecular weight is 417 g/mol. The molecule has 2 heterocycles. The predicted octanol–water partition coefficient (Wildman–Crippen LogP) is 5.75. The number of thiocarbonyl (C=S) groups is 1. The molecule has 1 saturated heterocycles. The van der Waals surface area contributed by atoms with Crippen molar-refractivity contribution in [3.63, 3.8) is 0 Å². The zero-order valence-corrected chi connectivity index (χ0v) is 16.9. The summed E-state index contributed by atoms with van der Waals surface area (Å²) < 4.78 is 5.99. The van der Waals surface area contributed by atoms with Crippen LogP contribution in [0.1, 0.15) is 5.76 Å². The highest BCUT2D eigenvalue weighted by molar-refractivity contribution is 7.80. The van der Waals surface area contributed by atoms with Crippen molar-refractivity contribution >= 4 is 46.1 Å². The molecule has 1 fully saturated rings. The van der Waals surface area contributed by atoms with E-state index in [1.54, 1.807) is 18.2 Å². The molecule has 3 nitrogen and oxygen atoms in total. The van der Waals surface area contributed by atoms with Gasteiger partial charge < -0.3 is 14.2 Å². The van der Waals surface area contributed by atoms with Crippen LogP contribution in [0.2, 0.25) is 10.0 Å².